The molecule has 1 aliphatic rings. The van der Waals surface area contributed by atoms with Gasteiger partial charge in [0.2, 0.25) is 0 Å². The van der Waals surface area contributed by atoms with Gasteiger partial charge in [0.1, 0.15) is 23.7 Å². The SMILES string of the molecule is COC(=O)[C@@H](N)Cc1ccc(O[P@]2(=O)CO[C@@H](Cn3ccc(N)nc3=O)CO2)cc1. The summed E-state index contributed by atoms with van der Waals surface area (Å²) >= 11 is 0. The molecule has 0 spiro atoms. The fourth-order valence-electron chi connectivity index (χ4n) is 2.77. The largest absolute Gasteiger partial charge is 0.468 e. The summed E-state index contributed by atoms with van der Waals surface area (Å²) in [5.41, 5.74) is 11.5. The van der Waals surface area contributed by atoms with Gasteiger partial charge < -0.3 is 25.5 Å². The molecular formula is C18H23N4O7P. The normalized spacial score (nSPS) is 22.3. The van der Waals surface area contributed by atoms with Crippen molar-refractivity contribution in [2.75, 3.05) is 25.8 Å². The highest BCUT2D eigenvalue weighted by atomic mass is 31.2. The average molecular weight is 438 g/mol. The van der Waals surface area contributed by atoms with Crippen molar-refractivity contribution in [1.29, 1.82) is 0 Å². The molecule has 1 fully saturated rings. The second-order valence-electron chi connectivity index (χ2n) is 6.68. The van der Waals surface area contributed by atoms with Crippen LogP contribution in [0.3, 0.4) is 0 Å². The lowest BCUT2D eigenvalue weighted by atomic mass is 10.1. The fraction of sp³-hybridized carbons (Fsp3) is 0.389. The van der Waals surface area contributed by atoms with Gasteiger partial charge in [-0.25, -0.2) is 9.36 Å². The lowest BCUT2D eigenvalue weighted by molar-refractivity contribution is -0.142. The molecule has 3 rings (SSSR count). The van der Waals surface area contributed by atoms with Gasteiger partial charge in [0.05, 0.1) is 20.3 Å². The first kappa shape index (κ1) is 22.0. The Bertz CT molecular complexity index is 983. The fourth-order valence-corrected chi connectivity index (χ4v) is 4.18. The number of esters is 1. The van der Waals surface area contributed by atoms with Crippen molar-refractivity contribution in [3.05, 3.63) is 52.6 Å². The van der Waals surface area contributed by atoms with Crippen molar-refractivity contribution < 1.29 is 27.9 Å². The van der Waals surface area contributed by atoms with Crippen LogP contribution in [0.4, 0.5) is 5.82 Å². The van der Waals surface area contributed by atoms with Crippen LogP contribution in [-0.2, 0) is 36.3 Å². The summed E-state index contributed by atoms with van der Waals surface area (Å²) < 4.78 is 35.2. The Hall–Kier alpha value is -2.72. The van der Waals surface area contributed by atoms with Crippen molar-refractivity contribution in [3.63, 3.8) is 0 Å². The number of nitrogen functional groups attached to an aromatic ring is 1. The molecule has 1 aromatic carbocycles. The van der Waals surface area contributed by atoms with E-state index < -0.39 is 31.4 Å². The van der Waals surface area contributed by atoms with Crippen LogP contribution in [-0.4, -0.2) is 47.7 Å². The highest BCUT2D eigenvalue weighted by Crippen LogP contribution is 2.50. The van der Waals surface area contributed by atoms with Crippen molar-refractivity contribution in [1.82, 2.24) is 9.55 Å². The van der Waals surface area contributed by atoms with Crippen LogP contribution in [0.1, 0.15) is 5.56 Å². The van der Waals surface area contributed by atoms with Gasteiger partial charge in [0, 0.05) is 6.20 Å². The predicted molar refractivity (Wildman–Crippen MR) is 107 cm³/mol. The van der Waals surface area contributed by atoms with E-state index in [1.54, 1.807) is 24.3 Å². The number of anilines is 1. The summed E-state index contributed by atoms with van der Waals surface area (Å²) in [6.45, 7) is 0.168. The van der Waals surface area contributed by atoms with Gasteiger partial charge in [-0.05, 0) is 30.2 Å². The Morgan fingerprint density at radius 1 is 1.37 bits per heavy atom. The maximum Gasteiger partial charge on any atom is 0.404 e. The van der Waals surface area contributed by atoms with E-state index in [-0.39, 0.29) is 25.3 Å². The molecule has 0 bridgehead atoms. The molecule has 2 aromatic rings. The maximum absolute atomic E-state index is 12.8. The second-order valence-corrected chi connectivity index (χ2v) is 8.60. The first-order chi connectivity index (χ1) is 14.3. The van der Waals surface area contributed by atoms with E-state index in [4.69, 9.17) is 25.3 Å². The van der Waals surface area contributed by atoms with E-state index in [0.717, 1.165) is 5.56 Å². The highest BCUT2D eigenvalue weighted by Gasteiger charge is 2.34. The van der Waals surface area contributed by atoms with Gasteiger partial charge >= 0.3 is 19.3 Å². The number of benzene rings is 1. The summed E-state index contributed by atoms with van der Waals surface area (Å²) in [4.78, 5) is 26.8. The number of rotatable bonds is 7. The zero-order valence-electron chi connectivity index (χ0n) is 16.3. The topological polar surface area (TPSA) is 158 Å². The highest BCUT2D eigenvalue weighted by molar-refractivity contribution is 7.54. The molecule has 1 aromatic heterocycles. The Balaban J connectivity index is 1.53. The van der Waals surface area contributed by atoms with Gasteiger partial charge in [0.15, 0.2) is 6.35 Å². The monoisotopic (exact) mass is 438 g/mol. The molecule has 1 aliphatic heterocycles. The molecule has 0 amide bonds. The van der Waals surface area contributed by atoms with E-state index in [1.165, 1.54) is 23.9 Å². The number of nitrogens with zero attached hydrogens (tertiary/aromatic N) is 2. The summed E-state index contributed by atoms with van der Waals surface area (Å²) in [6.07, 6.45) is 1.06. The smallest absolute Gasteiger partial charge is 0.404 e. The minimum absolute atomic E-state index is 0.0137. The average Bonchev–Trinajstić information content (AvgIpc) is 2.72. The first-order valence-corrected chi connectivity index (χ1v) is 10.8. The number of aromatic nitrogens is 2. The minimum atomic E-state index is -3.50. The van der Waals surface area contributed by atoms with Gasteiger partial charge in [-0.1, -0.05) is 12.1 Å². The van der Waals surface area contributed by atoms with Crippen molar-refractivity contribution in [2.24, 2.45) is 5.73 Å². The molecule has 12 heteroatoms. The Labute approximate surface area is 172 Å². The maximum atomic E-state index is 12.8. The van der Waals surface area contributed by atoms with Gasteiger partial charge in [-0.15, -0.1) is 0 Å². The Kier molecular flexibility index (Phi) is 6.88. The molecule has 162 valence electrons. The van der Waals surface area contributed by atoms with Crippen LogP contribution < -0.4 is 21.7 Å². The summed E-state index contributed by atoms with van der Waals surface area (Å²) in [5, 5.41) is 0. The third-order valence-corrected chi connectivity index (χ3v) is 5.85. The van der Waals surface area contributed by atoms with Gasteiger partial charge in [0.25, 0.3) is 0 Å². The lowest BCUT2D eigenvalue weighted by Crippen LogP contribution is -2.35. The molecule has 0 radical (unpaired) electrons. The van der Waals surface area contributed by atoms with Crippen molar-refractivity contribution in [3.8, 4) is 5.75 Å². The van der Waals surface area contributed by atoms with Crippen molar-refractivity contribution in [2.45, 2.75) is 25.1 Å². The molecule has 3 atom stereocenters. The van der Waals surface area contributed by atoms with Crippen molar-refractivity contribution >= 4 is 19.4 Å². The van der Waals surface area contributed by atoms with E-state index >= 15 is 0 Å². The summed E-state index contributed by atoms with van der Waals surface area (Å²) in [6, 6.07) is 7.36. The molecule has 11 nitrogen and oxygen atoms in total. The van der Waals surface area contributed by atoms with E-state index in [9.17, 15) is 14.2 Å². The molecule has 0 aliphatic carbocycles. The van der Waals surface area contributed by atoms with Crippen LogP contribution in [0.15, 0.2) is 41.3 Å². The van der Waals surface area contributed by atoms with E-state index in [2.05, 4.69) is 9.72 Å². The first-order valence-electron chi connectivity index (χ1n) is 9.08. The quantitative estimate of drug-likeness (QED) is 0.461. The van der Waals surface area contributed by atoms with Crippen LogP contribution in [0, 0.1) is 0 Å². The molecule has 1 saturated heterocycles. The number of nitrogens with two attached hydrogens (primary N) is 2. The third-order valence-electron chi connectivity index (χ3n) is 4.35. The zero-order chi connectivity index (χ0) is 21.7. The van der Waals surface area contributed by atoms with E-state index in [0.29, 0.717) is 12.2 Å². The zero-order valence-corrected chi connectivity index (χ0v) is 17.2. The molecule has 0 saturated carbocycles. The summed E-state index contributed by atoms with van der Waals surface area (Å²) in [5.74, 6) is -0.0397. The Morgan fingerprint density at radius 2 is 2.10 bits per heavy atom. The Morgan fingerprint density at radius 3 is 2.70 bits per heavy atom. The van der Waals surface area contributed by atoms with E-state index in [1.807, 2.05) is 0 Å². The lowest BCUT2D eigenvalue weighted by Gasteiger charge is -2.29. The molecule has 30 heavy (non-hydrogen) atoms. The molecular weight excluding hydrogens is 415 g/mol. The van der Waals surface area contributed by atoms with Crippen LogP contribution >= 0.6 is 7.60 Å². The minimum Gasteiger partial charge on any atom is -0.468 e. The number of hydrogen-bond acceptors (Lipinski definition) is 10. The number of methoxy groups -OCH3 is 1. The second kappa shape index (κ2) is 9.40. The van der Waals surface area contributed by atoms with Crippen LogP contribution in [0.5, 0.6) is 5.75 Å². The molecule has 2 heterocycles. The predicted octanol–water partition coefficient (Wildman–Crippen LogP) is 0.513. The third kappa shape index (κ3) is 5.67. The molecule has 4 N–H and O–H groups in total. The molecule has 0 unspecified atom stereocenters. The van der Waals surface area contributed by atoms with Gasteiger partial charge in [-0.2, -0.15) is 4.98 Å². The number of carbonyl (C=O) groups is 1. The standard InChI is InChI=1S/C18H23N4O7P/c1-26-17(23)15(19)8-12-2-4-13(5-3-12)29-30(25)11-27-14(10-28-30)9-22-7-6-16(20)21-18(22)24/h2-7,14-15H,8-11,19H2,1H3,(H2,20,21,24)/t14-,15-,30-/m0/s1. The van der Waals surface area contributed by atoms with Gasteiger partial charge in [-0.3, -0.25) is 13.9 Å². The summed E-state index contributed by atoms with van der Waals surface area (Å²) in [7, 11) is -2.23. The van der Waals surface area contributed by atoms with Crippen LogP contribution in [0.2, 0.25) is 0 Å². The van der Waals surface area contributed by atoms with Crippen LogP contribution in [0.25, 0.3) is 0 Å². The number of carbonyl (C=O) groups excluding carboxylic acids is 1. The number of hydrogen-bond donors (Lipinski definition) is 2. The number of ether oxygens (including phenoxy) is 2.